The molecule has 1 amide bonds. The molecule has 4 heterocycles. The van der Waals surface area contributed by atoms with Crippen LogP contribution in [0.1, 0.15) is 41.3 Å². The van der Waals surface area contributed by atoms with Crippen LogP contribution in [-0.4, -0.2) is 50.5 Å². The van der Waals surface area contributed by atoms with Gasteiger partial charge in [-0.25, -0.2) is 15.0 Å². The van der Waals surface area contributed by atoms with Crippen molar-refractivity contribution < 1.29 is 13.9 Å². The number of oxazole rings is 1. The number of hydrogen-bond acceptors (Lipinski definition) is 8. The van der Waals surface area contributed by atoms with E-state index in [9.17, 15) is 14.8 Å². The predicted molar refractivity (Wildman–Crippen MR) is 123 cm³/mol. The highest BCUT2D eigenvalue weighted by atomic mass is 16.5. The zero-order valence-corrected chi connectivity index (χ0v) is 18.9. The van der Waals surface area contributed by atoms with Gasteiger partial charge in [-0.05, 0) is 25.6 Å². The van der Waals surface area contributed by atoms with Crippen LogP contribution in [0.2, 0.25) is 0 Å². The third-order valence-electron chi connectivity index (χ3n) is 5.54. The van der Waals surface area contributed by atoms with Gasteiger partial charge in [0, 0.05) is 31.4 Å². The minimum atomic E-state index is -0.536. The number of carbonyl (C=O) groups excluding carboxylic acids is 1. The maximum absolute atomic E-state index is 13.5. The summed E-state index contributed by atoms with van der Waals surface area (Å²) in [6.07, 6.45) is 7.40. The lowest BCUT2D eigenvalue weighted by atomic mass is 10.1. The average molecular weight is 463 g/mol. The van der Waals surface area contributed by atoms with Gasteiger partial charge in [-0.1, -0.05) is 6.92 Å². The Morgan fingerprint density at radius 1 is 1.29 bits per heavy atom. The van der Waals surface area contributed by atoms with Gasteiger partial charge in [0.1, 0.15) is 12.1 Å². The molecule has 0 aromatic carbocycles. The molecule has 0 bridgehead atoms. The molecule has 0 radical (unpaired) electrons. The fraction of sp³-hybridized carbons (Fsp3) is 0.304. The lowest BCUT2D eigenvalue weighted by molar-refractivity contribution is -0.605. The molecule has 4 rings (SSSR count). The molecule has 0 aliphatic rings. The summed E-state index contributed by atoms with van der Waals surface area (Å²) < 4.78 is 7.23. The molecule has 4 aromatic heterocycles. The van der Waals surface area contributed by atoms with Crippen molar-refractivity contribution in [1.82, 2.24) is 29.7 Å². The van der Waals surface area contributed by atoms with Crippen LogP contribution in [0, 0.1) is 5.21 Å². The van der Waals surface area contributed by atoms with Gasteiger partial charge in [-0.3, -0.25) is 14.2 Å². The summed E-state index contributed by atoms with van der Waals surface area (Å²) >= 11 is 0. The molecule has 0 spiro atoms. The largest absolute Gasteiger partial charge is 0.619 e. The molecule has 4 aromatic rings. The summed E-state index contributed by atoms with van der Waals surface area (Å²) in [5, 5.41) is 14.9. The van der Waals surface area contributed by atoms with E-state index in [0.717, 1.165) is 0 Å². The summed E-state index contributed by atoms with van der Waals surface area (Å²) in [5.74, 6) is 0.132. The zero-order chi connectivity index (χ0) is 24.1. The molecule has 1 N–H and O–H groups in total. The maximum Gasteiger partial charge on any atom is 0.263 e. The van der Waals surface area contributed by atoms with Gasteiger partial charge in [0.05, 0.1) is 29.2 Å². The molecule has 0 aliphatic heterocycles. The number of nitrogens with zero attached hydrogens (tertiary/aromatic N) is 6. The van der Waals surface area contributed by atoms with Gasteiger partial charge >= 0.3 is 0 Å². The number of carbonyl (C=O) groups is 1. The van der Waals surface area contributed by atoms with Crippen LogP contribution in [0.4, 0.5) is 0 Å². The van der Waals surface area contributed by atoms with E-state index in [4.69, 9.17) is 9.40 Å². The second kappa shape index (κ2) is 10.2. The van der Waals surface area contributed by atoms with E-state index in [2.05, 4.69) is 15.3 Å². The Bertz CT molecular complexity index is 1320. The van der Waals surface area contributed by atoms with Crippen molar-refractivity contribution in [2.45, 2.75) is 25.9 Å². The highest BCUT2D eigenvalue weighted by Crippen LogP contribution is 2.25. The van der Waals surface area contributed by atoms with Crippen molar-refractivity contribution in [3.8, 4) is 0 Å². The molecule has 176 valence electrons. The van der Waals surface area contributed by atoms with E-state index in [-0.39, 0.29) is 18.0 Å². The van der Waals surface area contributed by atoms with E-state index in [1.165, 1.54) is 41.8 Å². The fourth-order valence-corrected chi connectivity index (χ4v) is 3.85. The van der Waals surface area contributed by atoms with Crippen LogP contribution < -0.4 is 15.6 Å². The SMILES string of the molecule is CCC(c1nc2ncccc2c(=O)n1Cc1cocn1)N(CCNC)C(=O)c1cc[n+]([O-])cc1. The first-order chi connectivity index (χ1) is 16.5. The summed E-state index contributed by atoms with van der Waals surface area (Å²) in [6.45, 7) is 2.95. The van der Waals surface area contributed by atoms with E-state index in [1.807, 2.05) is 6.92 Å². The maximum atomic E-state index is 13.5. The van der Waals surface area contributed by atoms with E-state index >= 15 is 0 Å². The van der Waals surface area contributed by atoms with Crippen molar-refractivity contribution in [3.05, 3.63) is 88.2 Å². The van der Waals surface area contributed by atoms with Gasteiger partial charge in [-0.15, -0.1) is 0 Å². The van der Waals surface area contributed by atoms with Gasteiger partial charge in [0.15, 0.2) is 24.4 Å². The van der Waals surface area contributed by atoms with Gasteiger partial charge in [0.2, 0.25) is 0 Å². The molecule has 1 atom stereocenters. The van der Waals surface area contributed by atoms with Crippen LogP contribution in [0.25, 0.3) is 11.0 Å². The van der Waals surface area contributed by atoms with Crippen molar-refractivity contribution in [1.29, 1.82) is 0 Å². The molecule has 34 heavy (non-hydrogen) atoms. The number of fused-ring (bicyclic) bond motifs is 1. The number of pyridine rings is 2. The monoisotopic (exact) mass is 463 g/mol. The lowest BCUT2D eigenvalue weighted by Crippen LogP contribution is -2.42. The van der Waals surface area contributed by atoms with Gasteiger partial charge < -0.3 is 19.8 Å². The highest BCUT2D eigenvalue weighted by molar-refractivity contribution is 5.94. The predicted octanol–water partition coefficient (Wildman–Crippen LogP) is 1.27. The van der Waals surface area contributed by atoms with Crippen LogP contribution in [-0.2, 0) is 6.54 Å². The molecule has 1 unspecified atom stereocenters. The quantitative estimate of drug-likeness (QED) is 0.290. The minimum Gasteiger partial charge on any atom is -0.619 e. The highest BCUT2D eigenvalue weighted by Gasteiger charge is 2.29. The normalized spacial score (nSPS) is 12.1. The Morgan fingerprint density at radius 3 is 2.76 bits per heavy atom. The van der Waals surface area contributed by atoms with Crippen LogP contribution in [0.15, 0.2) is 64.7 Å². The van der Waals surface area contributed by atoms with Crippen molar-refractivity contribution in [3.63, 3.8) is 0 Å². The molecule has 0 saturated heterocycles. The van der Waals surface area contributed by atoms with Crippen molar-refractivity contribution in [2.75, 3.05) is 20.1 Å². The standard InChI is InChI=1S/C23H25N7O4/c1-3-19(29(12-9-24-2)22(31)16-6-10-28(33)11-7-16)21-27-20-18(5-4-8-25-20)23(32)30(21)13-17-14-34-15-26-17/h4-8,10-11,14-15,19,24H,3,9,12-13H2,1-2H3. The minimum absolute atomic E-state index is 0.134. The zero-order valence-electron chi connectivity index (χ0n) is 18.9. The Kier molecular flexibility index (Phi) is 6.93. The molecular weight excluding hydrogens is 438 g/mol. The van der Waals surface area contributed by atoms with Crippen LogP contribution in [0.3, 0.4) is 0 Å². The van der Waals surface area contributed by atoms with Crippen LogP contribution >= 0.6 is 0 Å². The van der Waals surface area contributed by atoms with E-state index in [0.29, 0.717) is 52.4 Å². The number of nitrogens with one attached hydrogen (secondary N) is 1. The summed E-state index contributed by atoms with van der Waals surface area (Å²) in [5.41, 5.74) is 0.957. The molecule has 0 saturated carbocycles. The molecule has 0 fully saturated rings. The number of rotatable bonds is 9. The molecular formula is C23H25N7O4. The van der Waals surface area contributed by atoms with Gasteiger partial charge in [-0.2, -0.15) is 4.73 Å². The second-order valence-electron chi connectivity index (χ2n) is 7.69. The number of aromatic nitrogens is 5. The van der Waals surface area contributed by atoms with E-state index < -0.39 is 6.04 Å². The average Bonchev–Trinajstić information content (AvgIpc) is 3.37. The Labute approximate surface area is 195 Å². The second-order valence-corrected chi connectivity index (χ2v) is 7.69. The number of hydrogen-bond donors (Lipinski definition) is 1. The fourth-order valence-electron chi connectivity index (χ4n) is 3.85. The first-order valence-corrected chi connectivity index (χ1v) is 10.9. The Hall–Kier alpha value is -4.12. The summed E-state index contributed by atoms with van der Waals surface area (Å²) in [4.78, 5) is 41.8. The Morgan fingerprint density at radius 2 is 2.09 bits per heavy atom. The third kappa shape index (κ3) is 4.64. The van der Waals surface area contributed by atoms with Crippen molar-refractivity contribution in [2.24, 2.45) is 0 Å². The smallest absolute Gasteiger partial charge is 0.263 e. The molecule has 11 heteroatoms. The summed E-state index contributed by atoms with van der Waals surface area (Å²) in [6, 6.07) is 5.78. The Balaban J connectivity index is 1.86. The topological polar surface area (TPSA) is 133 Å². The molecule has 11 nitrogen and oxygen atoms in total. The third-order valence-corrected chi connectivity index (χ3v) is 5.54. The first kappa shape index (κ1) is 23.1. The summed E-state index contributed by atoms with van der Waals surface area (Å²) in [7, 11) is 1.80. The number of likely N-dealkylation sites (N-methyl/N-ethyl adjacent to an activating group) is 1. The van der Waals surface area contributed by atoms with Crippen molar-refractivity contribution >= 4 is 16.9 Å². The van der Waals surface area contributed by atoms with Crippen LogP contribution in [0.5, 0.6) is 0 Å². The van der Waals surface area contributed by atoms with Gasteiger partial charge in [0.25, 0.3) is 11.5 Å². The number of amides is 1. The lowest BCUT2D eigenvalue weighted by Gasteiger charge is -2.32. The van der Waals surface area contributed by atoms with E-state index in [1.54, 1.807) is 30.3 Å². The molecule has 0 aliphatic carbocycles. The first-order valence-electron chi connectivity index (χ1n) is 10.9.